The standard InChI is InChI=1S/C21H27ClN4OS/c1-16-18(20(22)24(2)23-16)13-25-9-6-21(15-25)7-10-26(11-8-21)19(27)4-3-17-5-12-28-14-17/h3-5,12,14H,6-11,13,15H2,1-2H3/b4-3+. The number of hydrogen-bond donors (Lipinski definition) is 0. The van der Waals surface area contributed by atoms with Gasteiger partial charge in [0.15, 0.2) is 0 Å². The minimum absolute atomic E-state index is 0.133. The summed E-state index contributed by atoms with van der Waals surface area (Å²) >= 11 is 8.06. The molecule has 0 bridgehead atoms. The zero-order valence-electron chi connectivity index (χ0n) is 16.5. The van der Waals surface area contributed by atoms with Crippen LogP contribution in [0.1, 0.15) is 36.1 Å². The molecule has 0 N–H and O–H groups in total. The molecule has 2 fully saturated rings. The van der Waals surface area contributed by atoms with Gasteiger partial charge in [0.25, 0.3) is 0 Å². The van der Waals surface area contributed by atoms with E-state index in [9.17, 15) is 4.79 Å². The Bertz CT molecular complexity index is 865. The van der Waals surface area contributed by atoms with Crippen molar-refractivity contribution in [3.63, 3.8) is 0 Å². The molecule has 2 aromatic heterocycles. The molecule has 7 heteroatoms. The molecule has 0 aliphatic carbocycles. The van der Waals surface area contributed by atoms with Crippen LogP contribution in [0.3, 0.4) is 0 Å². The summed E-state index contributed by atoms with van der Waals surface area (Å²) in [5.41, 5.74) is 3.61. The van der Waals surface area contributed by atoms with Crippen molar-refractivity contribution in [2.45, 2.75) is 32.7 Å². The topological polar surface area (TPSA) is 41.4 Å². The van der Waals surface area contributed by atoms with Gasteiger partial charge in [0.2, 0.25) is 5.91 Å². The number of rotatable bonds is 4. The average molecular weight is 419 g/mol. The number of carbonyl (C=O) groups is 1. The first-order valence-corrected chi connectivity index (χ1v) is 11.2. The molecule has 0 saturated carbocycles. The molecule has 0 atom stereocenters. The minimum atomic E-state index is 0.133. The summed E-state index contributed by atoms with van der Waals surface area (Å²) in [5, 5.41) is 9.26. The quantitative estimate of drug-likeness (QED) is 0.705. The van der Waals surface area contributed by atoms with E-state index in [1.165, 1.54) is 6.42 Å². The second-order valence-corrected chi connectivity index (χ2v) is 9.29. The number of halogens is 1. The van der Waals surface area contributed by atoms with Gasteiger partial charge in [-0.15, -0.1) is 0 Å². The summed E-state index contributed by atoms with van der Waals surface area (Å²) in [5.74, 6) is 0.133. The molecule has 2 aliphatic heterocycles. The molecule has 2 aliphatic rings. The van der Waals surface area contributed by atoms with Gasteiger partial charge in [-0.05, 0) is 66.6 Å². The highest BCUT2D eigenvalue weighted by Crippen LogP contribution is 2.41. The van der Waals surface area contributed by atoms with E-state index >= 15 is 0 Å². The van der Waals surface area contributed by atoms with Gasteiger partial charge in [-0.2, -0.15) is 16.4 Å². The number of likely N-dealkylation sites (tertiary alicyclic amines) is 2. The SMILES string of the molecule is Cc1nn(C)c(Cl)c1CN1CCC2(CCN(C(=O)/C=C/c3ccsc3)CC2)C1. The fraction of sp³-hybridized carbons (Fsp3) is 0.524. The van der Waals surface area contributed by atoms with E-state index < -0.39 is 0 Å². The molecule has 4 rings (SSSR count). The lowest BCUT2D eigenvalue weighted by molar-refractivity contribution is -0.128. The van der Waals surface area contributed by atoms with Gasteiger partial charge < -0.3 is 4.90 Å². The maximum Gasteiger partial charge on any atom is 0.246 e. The van der Waals surface area contributed by atoms with E-state index in [1.807, 2.05) is 36.4 Å². The molecule has 0 aromatic carbocycles. The number of amides is 1. The number of carbonyl (C=O) groups excluding carboxylic acids is 1. The van der Waals surface area contributed by atoms with Crippen molar-refractivity contribution >= 4 is 34.9 Å². The summed E-state index contributed by atoms with van der Waals surface area (Å²) < 4.78 is 1.76. The maximum atomic E-state index is 12.5. The Morgan fingerprint density at radius 3 is 2.71 bits per heavy atom. The van der Waals surface area contributed by atoms with Crippen LogP contribution in [0.2, 0.25) is 5.15 Å². The van der Waals surface area contributed by atoms with E-state index in [0.29, 0.717) is 5.41 Å². The number of thiophene rings is 1. The summed E-state index contributed by atoms with van der Waals surface area (Å²) in [4.78, 5) is 17.0. The Morgan fingerprint density at radius 1 is 1.32 bits per heavy atom. The Labute approximate surface area is 175 Å². The van der Waals surface area contributed by atoms with Gasteiger partial charge in [0.1, 0.15) is 5.15 Å². The van der Waals surface area contributed by atoms with Gasteiger partial charge >= 0.3 is 0 Å². The molecule has 0 unspecified atom stereocenters. The van der Waals surface area contributed by atoms with Gasteiger partial charge in [0, 0.05) is 44.9 Å². The fourth-order valence-corrected chi connectivity index (χ4v) is 5.35. The molecule has 5 nitrogen and oxygen atoms in total. The summed E-state index contributed by atoms with van der Waals surface area (Å²) in [6, 6.07) is 2.03. The van der Waals surface area contributed by atoms with Crippen LogP contribution in [-0.2, 0) is 18.4 Å². The Kier molecular flexibility index (Phi) is 5.63. The molecule has 1 amide bonds. The van der Waals surface area contributed by atoms with Crippen LogP contribution in [0.5, 0.6) is 0 Å². The lowest BCUT2D eigenvalue weighted by Crippen LogP contribution is -2.43. The van der Waals surface area contributed by atoms with Crippen LogP contribution in [-0.4, -0.2) is 51.7 Å². The first-order valence-electron chi connectivity index (χ1n) is 9.85. The van der Waals surface area contributed by atoms with E-state index in [1.54, 1.807) is 22.1 Å². The van der Waals surface area contributed by atoms with Crippen molar-refractivity contribution in [1.82, 2.24) is 19.6 Å². The van der Waals surface area contributed by atoms with Crippen LogP contribution in [0.4, 0.5) is 0 Å². The molecule has 2 aromatic rings. The molecule has 4 heterocycles. The second kappa shape index (κ2) is 8.01. The van der Waals surface area contributed by atoms with Gasteiger partial charge in [-0.3, -0.25) is 14.4 Å². The average Bonchev–Trinajstić information content (AvgIpc) is 3.39. The lowest BCUT2D eigenvalue weighted by atomic mass is 9.78. The normalized spacial score (nSPS) is 19.9. The Balaban J connectivity index is 1.31. The monoisotopic (exact) mass is 418 g/mol. The minimum Gasteiger partial charge on any atom is -0.339 e. The van der Waals surface area contributed by atoms with Crippen LogP contribution in [0.25, 0.3) is 6.08 Å². The highest BCUT2D eigenvalue weighted by molar-refractivity contribution is 7.08. The lowest BCUT2D eigenvalue weighted by Gasteiger charge is -2.39. The summed E-state index contributed by atoms with van der Waals surface area (Å²) in [6.45, 7) is 6.79. The first kappa shape index (κ1) is 19.7. The number of nitrogens with zero attached hydrogens (tertiary/aromatic N) is 4. The zero-order chi connectivity index (χ0) is 19.7. The van der Waals surface area contributed by atoms with Crippen molar-refractivity contribution in [2.75, 3.05) is 26.2 Å². The van der Waals surface area contributed by atoms with E-state index in [0.717, 1.165) is 67.5 Å². The number of aryl methyl sites for hydroxylation is 2. The van der Waals surface area contributed by atoms with Crippen molar-refractivity contribution in [1.29, 1.82) is 0 Å². The molecular formula is C21H27ClN4OS. The van der Waals surface area contributed by atoms with Gasteiger partial charge in [-0.25, -0.2) is 0 Å². The smallest absolute Gasteiger partial charge is 0.246 e. The third kappa shape index (κ3) is 4.04. The van der Waals surface area contributed by atoms with Crippen molar-refractivity contribution < 1.29 is 4.79 Å². The third-order valence-corrected chi connectivity index (χ3v) is 7.44. The summed E-state index contributed by atoms with van der Waals surface area (Å²) in [7, 11) is 1.89. The van der Waals surface area contributed by atoms with Crippen LogP contribution in [0.15, 0.2) is 22.9 Å². The largest absolute Gasteiger partial charge is 0.339 e. The second-order valence-electron chi connectivity index (χ2n) is 8.15. The molecule has 2 saturated heterocycles. The molecular weight excluding hydrogens is 392 g/mol. The highest BCUT2D eigenvalue weighted by Gasteiger charge is 2.41. The van der Waals surface area contributed by atoms with Crippen molar-refractivity contribution in [3.8, 4) is 0 Å². The van der Waals surface area contributed by atoms with E-state index in [2.05, 4.69) is 15.4 Å². The zero-order valence-corrected chi connectivity index (χ0v) is 18.1. The molecule has 0 radical (unpaired) electrons. The number of hydrogen-bond acceptors (Lipinski definition) is 4. The molecule has 1 spiro atoms. The Hall–Kier alpha value is -1.63. The maximum absolute atomic E-state index is 12.5. The van der Waals surface area contributed by atoms with Crippen LogP contribution in [0, 0.1) is 12.3 Å². The Morgan fingerprint density at radius 2 is 2.07 bits per heavy atom. The number of piperidine rings is 1. The predicted molar refractivity (Wildman–Crippen MR) is 114 cm³/mol. The highest BCUT2D eigenvalue weighted by atomic mass is 35.5. The fourth-order valence-electron chi connectivity index (χ4n) is 4.49. The first-order chi connectivity index (χ1) is 13.5. The summed E-state index contributed by atoms with van der Waals surface area (Å²) in [6.07, 6.45) is 7.01. The van der Waals surface area contributed by atoms with Crippen molar-refractivity contribution in [3.05, 3.63) is 44.9 Å². The molecule has 28 heavy (non-hydrogen) atoms. The van der Waals surface area contributed by atoms with Crippen LogP contribution < -0.4 is 0 Å². The van der Waals surface area contributed by atoms with Crippen molar-refractivity contribution in [2.24, 2.45) is 12.5 Å². The van der Waals surface area contributed by atoms with Crippen LogP contribution >= 0.6 is 22.9 Å². The molecule has 150 valence electrons. The number of aromatic nitrogens is 2. The van der Waals surface area contributed by atoms with E-state index in [-0.39, 0.29) is 5.91 Å². The van der Waals surface area contributed by atoms with E-state index in [4.69, 9.17) is 11.6 Å². The van der Waals surface area contributed by atoms with Gasteiger partial charge in [0.05, 0.1) is 5.69 Å². The predicted octanol–water partition coefficient (Wildman–Crippen LogP) is 3.97. The van der Waals surface area contributed by atoms with Gasteiger partial charge in [-0.1, -0.05) is 11.6 Å². The third-order valence-electron chi connectivity index (χ3n) is 6.27.